The number of benzene rings is 1. The third-order valence-corrected chi connectivity index (χ3v) is 3.38. The average Bonchev–Trinajstić information content (AvgIpc) is 2.88. The van der Waals surface area contributed by atoms with Gasteiger partial charge in [-0.05, 0) is 25.1 Å². The van der Waals surface area contributed by atoms with E-state index >= 15 is 0 Å². The number of anilines is 1. The van der Waals surface area contributed by atoms with Crippen molar-refractivity contribution in [2.75, 3.05) is 11.9 Å². The summed E-state index contributed by atoms with van der Waals surface area (Å²) in [4.78, 5) is 27.2. The molecular formula is C14H12F2N2O3S. The van der Waals surface area contributed by atoms with Gasteiger partial charge in [0.2, 0.25) is 0 Å². The molecule has 2 rings (SSSR count). The number of halogens is 2. The van der Waals surface area contributed by atoms with E-state index in [0.29, 0.717) is 5.69 Å². The molecule has 1 N–H and O–H groups in total. The van der Waals surface area contributed by atoms with Crippen LogP contribution in [-0.4, -0.2) is 23.5 Å². The van der Waals surface area contributed by atoms with Gasteiger partial charge >= 0.3 is 5.97 Å². The molecule has 0 bridgehead atoms. The van der Waals surface area contributed by atoms with Crippen LogP contribution in [0.2, 0.25) is 0 Å². The summed E-state index contributed by atoms with van der Waals surface area (Å²) in [5.74, 6) is -2.79. The minimum atomic E-state index is -0.831. The number of amides is 1. The first-order valence-electron chi connectivity index (χ1n) is 6.36. The Morgan fingerprint density at radius 1 is 1.36 bits per heavy atom. The second kappa shape index (κ2) is 7.08. The number of thiazole rings is 1. The van der Waals surface area contributed by atoms with E-state index in [1.54, 1.807) is 12.3 Å². The van der Waals surface area contributed by atoms with Crippen LogP contribution < -0.4 is 5.32 Å². The second-order valence-electron chi connectivity index (χ2n) is 4.20. The molecule has 1 aromatic carbocycles. The molecule has 5 nitrogen and oxygen atoms in total. The maximum absolute atomic E-state index is 13.5. The number of hydrogen-bond acceptors (Lipinski definition) is 5. The van der Waals surface area contributed by atoms with Crippen molar-refractivity contribution in [1.29, 1.82) is 0 Å². The Morgan fingerprint density at radius 3 is 2.86 bits per heavy atom. The van der Waals surface area contributed by atoms with Crippen LogP contribution in [0.5, 0.6) is 0 Å². The number of ether oxygens (including phenoxy) is 1. The van der Waals surface area contributed by atoms with Gasteiger partial charge in [0.25, 0.3) is 5.91 Å². The lowest BCUT2D eigenvalue weighted by Gasteiger charge is -2.03. The highest BCUT2D eigenvalue weighted by Crippen LogP contribution is 2.18. The second-order valence-corrected chi connectivity index (χ2v) is 5.06. The molecule has 22 heavy (non-hydrogen) atoms. The Morgan fingerprint density at radius 2 is 2.14 bits per heavy atom. The molecule has 0 aliphatic heterocycles. The Bertz CT molecular complexity index is 703. The summed E-state index contributed by atoms with van der Waals surface area (Å²) in [5, 5.41) is 4.13. The first-order valence-corrected chi connectivity index (χ1v) is 7.24. The monoisotopic (exact) mass is 326 g/mol. The summed E-state index contributed by atoms with van der Waals surface area (Å²) in [6.07, 6.45) is -0.0193. The number of carbonyl (C=O) groups is 2. The van der Waals surface area contributed by atoms with Gasteiger partial charge in [-0.25, -0.2) is 13.8 Å². The normalized spacial score (nSPS) is 10.3. The van der Waals surface area contributed by atoms with Gasteiger partial charge in [0.15, 0.2) is 5.13 Å². The molecule has 2 aromatic rings. The molecule has 116 valence electrons. The van der Waals surface area contributed by atoms with E-state index in [-0.39, 0.29) is 18.2 Å². The lowest BCUT2D eigenvalue weighted by molar-refractivity contribution is -0.142. The largest absolute Gasteiger partial charge is 0.466 e. The molecule has 0 aliphatic carbocycles. The number of esters is 1. The Hall–Kier alpha value is -2.35. The molecule has 1 aromatic heterocycles. The van der Waals surface area contributed by atoms with Crippen LogP contribution in [-0.2, 0) is 16.0 Å². The summed E-state index contributed by atoms with van der Waals surface area (Å²) in [5.41, 5.74) is 0.0145. The topological polar surface area (TPSA) is 68.3 Å². The molecule has 0 atom stereocenters. The molecule has 0 unspecified atom stereocenters. The molecular weight excluding hydrogens is 314 g/mol. The van der Waals surface area contributed by atoms with Crippen LogP contribution in [0.15, 0.2) is 23.6 Å². The molecule has 0 saturated carbocycles. The van der Waals surface area contributed by atoms with E-state index in [1.807, 2.05) is 0 Å². The van der Waals surface area contributed by atoms with Gasteiger partial charge in [-0.1, -0.05) is 0 Å². The quantitative estimate of drug-likeness (QED) is 0.858. The smallest absolute Gasteiger partial charge is 0.311 e. The zero-order valence-corrected chi connectivity index (χ0v) is 12.4. The van der Waals surface area contributed by atoms with Crippen molar-refractivity contribution in [3.63, 3.8) is 0 Å². The van der Waals surface area contributed by atoms with Gasteiger partial charge in [0, 0.05) is 5.38 Å². The van der Waals surface area contributed by atoms with Gasteiger partial charge in [0.1, 0.15) is 11.6 Å². The molecule has 0 spiro atoms. The zero-order chi connectivity index (χ0) is 16.1. The summed E-state index contributed by atoms with van der Waals surface area (Å²) < 4.78 is 31.3. The molecule has 0 fully saturated rings. The van der Waals surface area contributed by atoms with Crippen molar-refractivity contribution in [2.24, 2.45) is 0 Å². The fraction of sp³-hybridized carbons (Fsp3) is 0.214. The van der Waals surface area contributed by atoms with Gasteiger partial charge in [-0.2, -0.15) is 0 Å². The Balaban J connectivity index is 2.05. The van der Waals surface area contributed by atoms with Crippen LogP contribution in [0.4, 0.5) is 13.9 Å². The van der Waals surface area contributed by atoms with E-state index < -0.39 is 29.1 Å². The van der Waals surface area contributed by atoms with Crippen molar-refractivity contribution in [3.05, 3.63) is 46.5 Å². The first-order chi connectivity index (χ1) is 10.5. The predicted octanol–water partition coefficient (Wildman–Crippen LogP) is 2.78. The van der Waals surface area contributed by atoms with E-state index in [4.69, 9.17) is 4.74 Å². The van der Waals surface area contributed by atoms with Crippen molar-refractivity contribution in [2.45, 2.75) is 13.3 Å². The van der Waals surface area contributed by atoms with E-state index in [1.165, 1.54) is 0 Å². The van der Waals surface area contributed by atoms with Crippen LogP contribution in [0.1, 0.15) is 23.0 Å². The number of aromatic nitrogens is 1. The minimum absolute atomic E-state index is 0.0193. The number of rotatable bonds is 5. The SMILES string of the molecule is CCOC(=O)Cc1csc(NC(=O)c2cc(F)ccc2F)n1. The lowest BCUT2D eigenvalue weighted by Crippen LogP contribution is -2.14. The fourth-order valence-corrected chi connectivity index (χ4v) is 2.35. The zero-order valence-electron chi connectivity index (χ0n) is 11.6. The summed E-state index contributed by atoms with van der Waals surface area (Å²) >= 11 is 1.08. The standard InChI is InChI=1S/C14H12F2N2O3S/c1-2-21-12(19)6-9-7-22-14(17-9)18-13(20)10-5-8(15)3-4-11(10)16/h3-5,7H,2,6H2,1H3,(H,17,18,20). The summed E-state index contributed by atoms with van der Waals surface area (Å²) in [6, 6.07) is 2.60. The van der Waals surface area contributed by atoms with E-state index in [0.717, 1.165) is 29.5 Å². The Kier molecular flexibility index (Phi) is 5.16. The summed E-state index contributed by atoms with van der Waals surface area (Å²) in [7, 11) is 0. The third kappa shape index (κ3) is 4.08. The van der Waals surface area contributed by atoms with Crippen LogP contribution >= 0.6 is 11.3 Å². The molecule has 0 radical (unpaired) electrons. The van der Waals surface area contributed by atoms with Crippen LogP contribution in [0.25, 0.3) is 0 Å². The molecule has 0 aliphatic rings. The van der Waals surface area contributed by atoms with Crippen LogP contribution in [0.3, 0.4) is 0 Å². The fourth-order valence-electron chi connectivity index (χ4n) is 1.64. The highest BCUT2D eigenvalue weighted by Gasteiger charge is 2.15. The highest BCUT2D eigenvalue weighted by molar-refractivity contribution is 7.14. The third-order valence-electron chi connectivity index (χ3n) is 2.58. The maximum atomic E-state index is 13.5. The lowest BCUT2D eigenvalue weighted by atomic mass is 10.2. The molecule has 1 amide bonds. The Labute approximate surface area is 128 Å². The van der Waals surface area contributed by atoms with Crippen LogP contribution in [0, 0.1) is 11.6 Å². The molecule has 1 heterocycles. The number of nitrogens with one attached hydrogen (secondary N) is 1. The highest BCUT2D eigenvalue weighted by atomic mass is 32.1. The summed E-state index contributed by atoms with van der Waals surface area (Å²) in [6.45, 7) is 1.96. The van der Waals surface area contributed by atoms with Crippen molar-refractivity contribution < 1.29 is 23.1 Å². The molecule has 8 heteroatoms. The predicted molar refractivity (Wildman–Crippen MR) is 76.8 cm³/mol. The first kappa shape index (κ1) is 16.0. The van der Waals surface area contributed by atoms with Crippen molar-refractivity contribution >= 4 is 28.3 Å². The number of nitrogens with zero attached hydrogens (tertiary/aromatic N) is 1. The van der Waals surface area contributed by atoms with Gasteiger partial charge in [0.05, 0.1) is 24.3 Å². The van der Waals surface area contributed by atoms with Crippen molar-refractivity contribution in [3.8, 4) is 0 Å². The van der Waals surface area contributed by atoms with Gasteiger partial charge < -0.3 is 4.74 Å². The maximum Gasteiger partial charge on any atom is 0.311 e. The van der Waals surface area contributed by atoms with Gasteiger partial charge in [-0.15, -0.1) is 11.3 Å². The average molecular weight is 326 g/mol. The van der Waals surface area contributed by atoms with E-state index in [2.05, 4.69) is 10.3 Å². The van der Waals surface area contributed by atoms with E-state index in [9.17, 15) is 18.4 Å². The number of carbonyl (C=O) groups excluding carboxylic acids is 2. The molecule has 0 saturated heterocycles. The van der Waals surface area contributed by atoms with Gasteiger partial charge in [-0.3, -0.25) is 14.9 Å². The van der Waals surface area contributed by atoms with Crippen molar-refractivity contribution in [1.82, 2.24) is 4.98 Å². The number of hydrogen-bond donors (Lipinski definition) is 1. The minimum Gasteiger partial charge on any atom is -0.466 e.